The van der Waals surface area contributed by atoms with Crippen LogP contribution in [0.2, 0.25) is 0 Å². The first-order valence-electron chi connectivity index (χ1n) is 2.64. The standard InChI is InChI=1S/C5H9FO3/c1-2-9-5(8)3-4(6)7/h4,7H,2-3H2,1H3/t4-/m0/s1. The molecule has 0 saturated carbocycles. The monoisotopic (exact) mass is 136 g/mol. The number of aliphatic hydroxyl groups excluding tert-OH is 1. The van der Waals surface area contributed by atoms with Gasteiger partial charge in [-0.25, -0.2) is 4.39 Å². The Morgan fingerprint density at radius 1 is 1.89 bits per heavy atom. The highest BCUT2D eigenvalue weighted by atomic mass is 19.1. The highest BCUT2D eigenvalue weighted by Gasteiger charge is 2.08. The van der Waals surface area contributed by atoms with Crippen LogP contribution in [0, 0.1) is 0 Å². The number of rotatable bonds is 3. The average molecular weight is 136 g/mol. The third-order valence-electron chi connectivity index (χ3n) is 0.640. The Morgan fingerprint density at radius 3 is 2.78 bits per heavy atom. The summed E-state index contributed by atoms with van der Waals surface area (Å²) >= 11 is 0. The van der Waals surface area contributed by atoms with Gasteiger partial charge in [0.1, 0.15) is 6.42 Å². The predicted molar refractivity (Wildman–Crippen MR) is 28.4 cm³/mol. The molecule has 0 aliphatic carbocycles. The average Bonchev–Trinajstić information content (AvgIpc) is 1.63. The molecule has 0 bridgehead atoms. The number of aliphatic hydroxyl groups is 1. The zero-order chi connectivity index (χ0) is 7.28. The van der Waals surface area contributed by atoms with Gasteiger partial charge in [-0.15, -0.1) is 0 Å². The molecule has 0 fully saturated rings. The third kappa shape index (κ3) is 5.23. The normalized spacial score (nSPS) is 12.8. The molecule has 3 nitrogen and oxygen atoms in total. The van der Waals surface area contributed by atoms with Crippen molar-refractivity contribution in [2.24, 2.45) is 0 Å². The number of hydrogen-bond acceptors (Lipinski definition) is 3. The van der Waals surface area contributed by atoms with Crippen molar-refractivity contribution in [3.05, 3.63) is 0 Å². The van der Waals surface area contributed by atoms with Crippen LogP contribution in [0.3, 0.4) is 0 Å². The van der Waals surface area contributed by atoms with Crippen molar-refractivity contribution >= 4 is 5.97 Å². The minimum atomic E-state index is -2.09. The SMILES string of the molecule is CCOC(=O)C[C@H](O)F. The van der Waals surface area contributed by atoms with Crippen molar-refractivity contribution < 1.29 is 19.0 Å². The summed E-state index contributed by atoms with van der Waals surface area (Å²) in [5.74, 6) is -0.715. The van der Waals surface area contributed by atoms with Gasteiger partial charge in [-0.05, 0) is 6.92 Å². The van der Waals surface area contributed by atoms with Gasteiger partial charge in [0, 0.05) is 0 Å². The van der Waals surface area contributed by atoms with Crippen LogP contribution in [0.5, 0.6) is 0 Å². The molecule has 54 valence electrons. The fraction of sp³-hybridized carbons (Fsp3) is 0.800. The summed E-state index contributed by atoms with van der Waals surface area (Å²) in [5.41, 5.74) is 0. The summed E-state index contributed by atoms with van der Waals surface area (Å²) < 4.78 is 15.8. The summed E-state index contributed by atoms with van der Waals surface area (Å²) in [4.78, 5) is 10.2. The van der Waals surface area contributed by atoms with Gasteiger partial charge in [0.05, 0.1) is 6.61 Å². The lowest BCUT2D eigenvalue weighted by Gasteiger charge is -1.99. The van der Waals surface area contributed by atoms with Gasteiger partial charge >= 0.3 is 5.97 Å². The van der Waals surface area contributed by atoms with Gasteiger partial charge in [-0.1, -0.05) is 0 Å². The lowest BCUT2D eigenvalue weighted by atomic mass is 10.4. The first kappa shape index (κ1) is 8.36. The van der Waals surface area contributed by atoms with E-state index < -0.39 is 18.7 Å². The van der Waals surface area contributed by atoms with E-state index in [0.29, 0.717) is 0 Å². The second kappa shape index (κ2) is 4.26. The fourth-order valence-corrected chi connectivity index (χ4v) is 0.357. The number of hydrogen-bond donors (Lipinski definition) is 1. The second-order valence-corrected chi connectivity index (χ2v) is 1.44. The lowest BCUT2D eigenvalue weighted by molar-refractivity contribution is -0.147. The van der Waals surface area contributed by atoms with Gasteiger partial charge in [0.15, 0.2) is 0 Å². The maximum absolute atomic E-state index is 11.5. The Balaban J connectivity index is 3.27. The quantitative estimate of drug-likeness (QED) is 0.565. The number of ether oxygens (including phenoxy) is 1. The molecule has 1 N–H and O–H groups in total. The van der Waals surface area contributed by atoms with E-state index in [-0.39, 0.29) is 6.61 Å². The van der Waals surface area contributed by atoms with Crippen molar-refractivity contribution in [2.45, 2.75) is 19.7 Å². The van der Waals surface area contributed by atoms with E-state index in [1.165, 1.54) is 0 Å². The van der Waals surface area contributed by atoms with E-state index in [2.05, 4.69) is 4.74 Å². The van der Waals surface area contributed by atoms with E-state index in [1.54, 1.807) is 6.92 Å². The topological polar surface area (TPSA) is 46.5 Å². The van der Waals surface area contributed by atoms with Gasteiger partial charge in [-0.2, -0.15) is 0 Å². The summed E-state index contributed by atoms with van der Waals surface area (Å²) in [6.45, 7) is 1.83. The lowest BCUT2D eigenvalue weighted by Crippen LogP contribution is -2.10. The van der Waals surface area contributed by atoms with Crippen LogP contribution >= 0.6 is 0 Å². The van der Waals surface area contributed by atoms with Crippen LogP contribution in [0.4, 0.5) is 4.39 Å². The highest BCUT2D eigenvalue weighted by molar-refractivity contribution is 5.69. The van der Waals surface area contributed by atoms with E-state index in [4.69, 9.17) is 5.11 Å². The second-order valence-electron chi connectivity index (χ2n) is 1.44. The van der Waals surface area contributed by atoms with Crippen LogP contribution in [-0.4, -0.2) is 24.0 Å². The Morgan fingerprint density at radius 2 is 2.44 bits per heavy atom. The molecular formula is C5H9FO3. The summed E-state index contributed by atoms with van der Waals surface area (Å²) in [6, 6.07) is 0. The third-order valence-corrected chi connectivity index (χ3v) is 0.640. The minimum Gasteiger partial charge on any atom is -0.466 e. The van der Waals surface area contributed by atoms with Crippen molar-refractivity contribution in [1.29, 1.82) is 0 Å². The molecule has 0 saturated heterocycles. The van der Waals surface area contributed by atoms with Crippen molar-refractivity contribution in [2.75, 3.05) is 6.61 Å². The first-order valence-corrected chi connectivity index (χ1v) is 2.64. The first-order chi connectivity index (χ1) is 4.16. The minimum absolute atomic E-state index is 0.214. The Bertz CT molecular complexity index is 92.2. The highest BCUT2D eigenvalue weighted by Crippen LogP contribution is 1.94. The molecule has 4 heteroatoms. The number of halogens is 1. The maximum atomic E-state index is 11.5. The van der Waals surface area contributed by atoms with Crippen LogP contribution in [-0.2, 0) is 9.53 Å². The molecule has 9 heavy (non-hydrogen) atoms. The smallest absolute Gasteiger partial charge is 0.311 e. The summed E-state index contributed by atoms with van der Waals surface area (Å²) in [5, 5.41) is 7.98. The molecule has 0 aromatic rings. The molecule has 0 aliphatic rings. The van der Waals surface area contributed by atoms with Crippen molar-refractivity contribution in [3.8, 4) is 0 Å². The number of carbonyl (C=O) groups is 1. The number of esters is 1. The molecule has 1 atom stereocenters. The Labute approximate surface area is 52.4 Å². The fourth-order valence-electron chi connectivity index (χ4n) is 0.357. The van der Waals surface area contributed by atoms with Crippen LogP contribution in [0.25, 0.3) is 0 Å². The molecular weight excluding hydrogens is 127 g/mol. The molecule has 0 amide bonds. The van der Waals surface area contributed by atoms with E-state index in [1.807, 2.05) is 0 Å². The van der Waals surface area contributed by atoms with Crippen molar-refractivity contribution in [1.82, 2.24) is 0 Å². The summed E-state index contributed by atoms with van der Waals surface area (Å²) in [7, 11) is 0. The molecule has 0 unspecified atom stereocenters. The molecule has 0 aromatic heterocycles. The largest absolute Gasteiger partial charge is 0.466 e. The van der Waals surface area contributed by atoms with Crippen molar-refractivity contribution in [3.63, 3.8) is 0 Å². The Kier molecular flexibility index (Phi) is 3.96. The zero-order valence-electron chi connectivity index (χ0n) is 5.13. The molecule has 0 aromatic carbocycles. The molecule has 0 aliphatic heterocycles. The molecule has 0 spiro atoms. The van der Waals surface area contributed by atoms with Crippen LogP contribution in [0.1, 0.15) is 13.3 Å². The molecule has 0 radical (unpaired) electrons. The van der Waals surface area contributed by atoms with Gasteiger partial charge in [-0.3, -0.25) is 4.79 Å². The zero-order valence-corrected chi connectivity index (χ0v) is 5.13. The summed E-state index contributed by atoms with van der Waals surface area (Å²) in [6.07, 6.45) is -2.67. The van der Waals surface area contributed by atoms with Gasteiger partial charge in [0.25, 0.3) is 0 Å². The maximum Gasteiger partial charge on any atom is 0.311 e. The number of alkyl halides is 1. The van der Waals surface area contributed by atoms with Crippen LogP contribution in [0.15, 0.2) is 0 Å². The number of carbonyl (C=O) groups excluding carboxylic acids is 1. The molecule has 0 heterocycles. The van der Waals surface area contributed by atoms with Gasteiger partial charge in [0.2, 0.25) is 6.36 Å². The van der Waals surface area contributed by atoms with E-state index in [0.717, 1.165) is 0 Å². The van der Waals surface area contributed by atoms with E-state index >= 15 is 0 Å². The van der Waals surface area contributed by atoms with E-state index in [9.17, 15) is 9.18 Å². The molecule has 0 rings (SSSR count). The van der Waals surface area contributed by atoms with Crippen LogP contribution < -0.4 is 0 Å². The predicted octanol–water partition coefficient (Wildman–Crippen LogP) is 0.228. The Hall–Kier alpha value is -0.640. The van der Waals surface area contributed by atoms with Gasteiger partial charge < -0.3 is 9.84 Å².